The third-order valence-corrected chi connectivity index (χ3v) is 9.20. The molecular formula is C38H40N6O8. The average molecular weight is 709 g/mol. The van der Waals surface area contributed by atoms with Gasteiger partial charge < -0.3 is 29.6 Å². The molecule has 0 radical (unpaired) electrons. The second kappa shape index (κ2) is 16.0. The number of esters is 2. The number of amides is 2. The topological polar surface area (TPSA) is 179 Å². The summed E-state index contributed by atoms with van der Waals surface area (Å²) in [6.45, 7) is 5.25. The number of hydrogen-bond acceptors (Lipinski definition) is 12. The number of nitrogens with one attached hydrogen (secondary N) is 4. The molecule has 52 heavy (non-hydrogen) atoms. The van der Waals surface area contributed by atoms with E-state index < -0.39 is 11.8 Å². The summed E-state index contributed by atoms with van der Waals surface area (Å²) in [5.41, 5.74) is 6.30. The number of nitrogens with zero attached hydrogens (tertiary/aromatic N) is 2. The molecule has 2 aliphatic heterocycles. The Morgan fingerprint density at radius 2 is 1.13 bits per heavy atom. The lowest BCUT2D eigenvalue weighted by atomic mass is 9.94. The highest BCUT2D eigenvalue weighted by atomic mass is 16.5. The van der Waals surface area contributed by atoms with E-state index in [4.69, 9.17) is 18.9 Å². The number of cyclic esters (lactones) is 2. The SMILES string of the molecule is COc1cc(C(=O)Nc2cccc(-c3cccc(NC(=O)c4cc(OC)c(CN[C@H]5CCOC5=O)cn4)c3C)c2C)ncc1CN[C@H]1CCOC1=O. The largest absolute Gasteiger partial charge is 0.496 e. The van der Waals surface area contributed by atoms with Gasteiger partial charge in [0.15, 0.2) is 0 Å². The van der Waals surface area contributed by atoms with Gasteiger partial charge in [-0.3, -0.25) is 39.8 Å². The molecule has 0 unspecified atom stereocenters. The summed E-state index contributed by atoms with van der Waals surface area (Å²) in [6, 6.07) is 13.6. The van der Waals surface area contributed by atoms with Crippen molar-refractivity contribution in [3.63, 3.8) is 0 Å². The Kier molecular flexibility index (Phi) is 11.1. The maximum atomic E-state index is 13.4. The fraction of sp³-hybridized carbons (Fsp3) is 0.316. The predicted molar refractivity (Wildman–Crippen MR) is 191 cm³/mol. The lowest BCUT2D eigenvalue weighted by Crippen LogP contribution is -2.32. The fourth-order valence-electron chi connectivity index (χ4n) is 6.15. The van der Waals surface area contributed by atoms with Crippen molar-refractivity contribution < 1.29 is 38.1 Å². The molecule has 270 valence electrons. The highest BCUT2D eigenvalue weighted by molar-refractivity contribution is 6.05. The second-order valence-corrected chi connectivity index (χ2v) is 12.4. The van der Waals surface area contributed by atoms with Crippen molar-refractivity contribution >= 4 is 35.1 Å². The molecular weight excluding hydrogens is 668 g/mol. The van der Waals surface area contributed by atoms with Gasteiger partial charge in [-0.1, -0.05) is 24.3 Å². The Hall–Kier alpha value is -5.86. The summed E-state index contributed by atoms with van der Waals surface area (Å²) in [4.78, 5) is 59.1. The van der Waals surface area contributed by atoms with E-state index in [9.17, 15) is 19.2 Å². The molecule has 0 bridgehead atoms. The lowest BCUT2D eigenvalue weighted by molar-refractivity contribution is -0.140. The summed E-state index contributed by atoms with van der Waals surface area (Å²) in [7, 11) is 3.02. The molecule has 4 aromatic rings. The standard InChI is InChI=1S/C38H40N6O8/c1-21-25(7-5-9-27(21)43-35(45)31-15-33(49-3)23(19-41-31)17-39-29-11-13-51-37(29)47)26-8-6-10-28(22(26)2)44-36(46)32-16-34(50-4)24(20-42-32)18-40-30-12-14-52-38(30)48/h5-10,15-16,19-20,29-30,39-40H,11-14,17-18H2,1-4H3,(H,43,45)(H,44,46)/t29-,30-/m0/s1. The van der Waals surface area contributed by atoms with Crippen molar-refractivity contribution in [1.29, 1.82) is 0 Å². The molecule has 2 aliphatic rings. The van der Waals surface area contributed by atoms with Crippen molar-refractivity contribution in [1.82, 2.24) is 20.6 Å². The molecule has 0 aliphatic carbocycles. The molecule has 0 spiro atoms. The van der Waals surface area contributed by atoms with E-state index in [0.29, 0.717) is 73.1 Å². The van der Waals surface area contributed by atoms with Gasteiger partial charge in [0.1, 0.15) is 35.0 Å². The number of carbonyl (C=O) groups is 4. The van der Waals surface area contributed by atoms with E-state index >= 15 is 0 Å². The Labute approximate surface area is 300 Å². The van der Waals surface area contributed by atoms with Crippen LogP contribution in [0.25, 0.3) is 11.1 Å². The van der Waals surface area contributed by atoms with Crippen LogP contribution in [-0.2, 0) is 32.2 Å². The van der Waals surface area contributed by atoms with Crippen LogP contribution in [0.3, 0.4) is 0 Å². The summed E-state index contributed by atoms with van der Waals surface area (Å²) >= 11 is 0. The molecule has 4 heterocycles. The zero-order valence-electron chi connectivity index (χ0n) is 29.3. The Morgan fingerprint density at radius 3 is 1.50 bits per heavy atom. The number of aromatic nitrogens is 2. The van der Waals surface area contributed by atoms with E-state index in [1.165, 1.54) is 14.2 Å². The molecule has 14 heteroatoms. The van der Waals surface area contributed by atoms with Crippen LogP contribution in [0, 0.1) is 13.8 Å². The monoisotopic (exact) mass is 708 g/mol. The van der Waals surface area contributed by atoms with Crippen LogP contribution in [0.1, 0.15) is 56.1 Å². The second-order valence-electron chi connectivity index (χ2n) is 12.4. The van der Waals surface area contributed by atoms with Crippen molar-refractivity contribution in [3.8, 4) is 22.6 Å². The molecule has 2 aromatic heterocycles. The van der Waals surface area contributed by atoms with Gasteiger partial charge in [0, 0.05) is 73.0 Å². The minimum atomic E-state index is -0.416. The zero-order valence-corrected chi connectivity index (χ0v) is 29.3. The highest BCUT2D eigenvalue weighted by Gasteiger charge is 2.27. The molecule has 14 nitrogen and oxygen atoms in total. The van der Waals surface area contributed by atoms with Gasteiger partial charge in [-0.2, -0.15) is 0 Å². The molecule has 6 rings (SSSR count). The number of ether oxygens (including phenoxy) is 4. The van der Waals surface area contributed by atoms with Crippen LogP contribution in [0.4, 0.5) is 11.4 Å². The van der Waals surface area contributed by atoms with E-state index in [1.807, 2.05) is 50.2 Å². The third-order valence-electron chi connectivity index (χ3n) is 9.20. The van der Waals surface area contributed by atoms with Crippen molar-refractivity contribution in [2.45, 2.75) is 51.9 Å². The lowest BCUT2D eigenvalue weighted by Gasteiger charge is -2.17. The predicted octanol–water partition coefficient (Wildman–Crippen LogP) is 4.09. The summed E-state index contributed by atoms with van der Waals surface area (Å²) < 4.78 is 21.1. The van der Waals surface area contributed by atoms with Crippen molar-refractivity contribution in [3.05, 3.63) is 94.6 Å². The first kappa shape index (κ1) is 35.9. The minimum absolute atomic E-state index is 0.166. The van der Waals surface area contributed by atoms with E-state index in [0.717, 1.165) is 22.3 Å². The molecule has 2 amide bonds. The van der Waals surface area contributed by atoms with Crippen LogP contribution in [0.5, 0.6) is 11.5 Å². The Bertz CT molecular complexity index is 1870. The molecule has 2 aromatic carbocycles. The van der Waals surface area contributed by atoms with Crippen LogP contribution in [0.2, 0.25) is 0 Å². The average Bonchev–Trinajstić information content (AvgIpc) is 3.77. The van der Waals surface area contributed by atoms with E-state index in [1.54, 1.807) is 24.5 Å². The summed E-state index contributed by atoms with van der Waals surface area (Å²) in [6.07, 6.45) is 4.30. The van der Waals surface area contributed by atoms with Crippen molar-refractivity contribution in [2.75, 3.05) is 38.1 Å². The first-order valence-electron chi connectivity index (χ1n) is 16.8. The molecule has 2 atom stereocenters. The van der Waals surface area contributed by atoms with Gasteiger partial charge in [0.05, 0.1) is 27.4 Å². The minimum Gasteiger partial charge on any atom is -0.496 e. The van der Waals surface area contributed by atoms with Gasteiger partial charge in [0.25, 0.3) is 11.8 Å². The van der Waals surface area contributed by atoms with Gasteiger partial charge in [-0.05, 0) is 48.2 Å². The molecule has 2 fully saturated rings. The van der Waals surface area contributed by atoms with Crippen molar-refractivity contribution in [2.24, 2.45) is 0 Å². The number of pyridine rings is 2. The molecule has 2 saturated heterocycles. The van der Waals surface area contributed by atoms with E-state index in [2.05, 4.69) is 31.2 Å². The number of benzene rings is 2. The number of rotatable bonds is 13. The Morgan fingerprint density at radius 1 is 0.712 bits per heavy atom. The van der Waals surface area contributed by atoms with Gasteiger partial charge in [-0.15, -0.1) is 0 Å². The maximum Gasteiger partial charge on any atom is 0.323 e. The van der Waals surface area contributed by atoms with Crippen LogP contribution >= 0.6 is 0 Å². The van der Waals surface area contributed by atoms with Crippen LogP contribution < -0.4 is 30.7 Å². The van der Waals surface area contributed by atoms with Gasteiger partial charge in [-0.25, -0.2) is 0 Å². The molecule has 0 saturated carbocycles. The van der Waals surface area contributed by atoms with E-state index in [-0.39, 0.29) is 35.4 Å². The fourth-order valence-corrected chi connectivity index (χ4v) is 6.15. The molecule has 4 N–H and O–H groups in total. The zero-order chi connectivity index (χ0) is 36.8. The van der Waals surface area contributed by atoms with Crippen LogP contribution in [0.15, 0.2) is 60.9 Å². The quantitative estimate of drug-likeness (QED) is 0.147. The number of carbonyl (C=O) groups excluding carboxylic acids is 4. The number of methoxy groups -OCH3 is 2. The maximum absolute atomic E-state index is 13.4. The smallest absolute Gasteiger partial charge is 0.323 e. The first-order chi connectivity index (χ1) is 25.2. The third kappa shape index (κ3) is 7.87. The number of hydrogen-bond donors (Lipinski definition) is 4. The van der Waals surface area contributed by atoms with Crippen LogP contribution in [-0.4, -0.2) is 73.2 Å². The summed E-state index contributed by atoms with van der Waals surface area (Å²) in [5.74, 6) is -0.469. The Balaban J connectivity index is 1.14. The summed E-state index contributed by atoms with van der Waals surface area (Å²) in [5, 5.41) is 12.2. The normalized spacial score (nSPS) is 16.6. The highest BCUT2D eigenvalue weighted by Crippen LogP contribution is 2.34. The van der Waals surface area contributed by atoms with Gasteiger partial charge >= 0.3 is 11.9 Å². The first-order valence-corrected chi connectivity index (χ1v) is 16.8. The number of anilines is 2. The van der Waals surface area contributed by atoms with Gasteiger partial charge in [0.2, 0.25) is 0 Å².